The molecule has 0 aliphatic heterocycles. The Labute approximate surface area is 231 Å². The molecule has 1 amide bonds. The van der Waals surface area contributed by atoms with Gasteiger partial charge in [-0.15, -0.1) is 0 Å². The first-order valence-electron chi connectivity index (χ1n) is 13.6. The van der Waals surface area contributed by atoms with Gasteiger partial charge in [-0.3, -0.25) is 4.79 Å². The monoisotopic (exact) mass is 529 g/mol. The van der Waals surface area contributed by atoms with Crippen LogP contribution < -0.4 is 14.8 Å². The Kier molecular flexibility index (Phi) is 9.91. The van der Waals surface area contributed by atoms with E-state index >= 15 is 0 Å². The number of nitrogens with one attached hydrogen (secondary N) is 1. The third-order valence-corrected chi connectivity index (χ3v) is 6.37. The highest BCUT2D eigenvalue weighted by atomic mass is 16.5. The number of para-hydroxylation sites is 1. The van der Waals surface area contributed by atoms with Crippen molar-refractivity contribution in [2.45, 2.75) is 46.8 Å². The van der Waals surface area contributed by atoms with Crippen LogP contribution in [-0.2, 0) is 19.6 Å². The number of amides is 1. The lowest BCUT2D eigenvalue weighted by atomic mass is 10.1. The number of methoxy groups -OCH3 is 1. The summed E-state index contributed by atoms with van der Waals surface area (Å²) < 4.78 is 13.5. The molecule has 2 heterocycles. The molecule has 0 unspecified atom stereocenters. The first-order valence-corrected chi connectivity index (χ1v) is 13.6. The van der Waals surface area contributed by atoms with Crippen molar-refractivity contribution >= 4 is 17.1 Å². The number of carbonyl (C=O) groups is 1. The molecule has 8 nitrogen and oxygen atoms in total. The molecule has 0 saturated heterocycles. The van der Waals surface area contributed by atoms with E-state index in [4.69, 9.17) is 14.5 Å². The highest BCUT2D eigenvalue weighted by Gasteiger charge is 2.21. The van der Waals surface area contributed by atoms with Gasteiger partial charge >= 0.3 is 0 Å². The number of nitrogens with zero attached hydrogens (tertiary/aromatic N) is 4. The van der Waals surface area contributed by atoms with Crippen LogP contribution in [0, 0.1) is 5.92 Å². The maximum absolute atomic E-state index is 13.7. The molecule has 0 atom stereocenters. The molecule has 8 heteroatoms. The third-order valence-electron chi connectivity index (χ3n) is 6.37. The third kappa shape index (κ3) is 7.35. The zero-order valence-electron chi connectivity index (χ0n) is 23.4. The number of carbonyl (C=O) groups excluding carboxylic acids is 1. The van der Waals surface area contributed by atoms with E-state index in [-0.39, 0.29) is 5.91 Å². The summed E-state index contributed by atoms with van der Waals surface area (Å²) in [4.78, 5) is 25.0. The van der Waals surface area contributed by atoms with Gasteiger partial charge in [0.2, 0.25) is 0 Å². The lowest BCUT2D eigenvalue weighted by Gasteiger charge is -2.25. The van der Waals surface area contributed by atoms with Gasteiger partial charge in [0.05, 0.1) is 13.7 Å². The van der Waals surface area contributed by atoms with Crippen LogP contribution in [0.15, 0.2) is 66.9 Å². The molecular weight excluding hydrogens is 490 g/mol. The summed E-state index contributed by atoms with van der Waals surface area (Å²) in [6, 6.07) is 19.2. The normalized spacial score (nSPS) is 11.2. The second-order valence-electron chi connectivity index (χ2n) is 9.97. The number of hydrogen-bond acceptors (Lipinski definition) is 6. The highest BCUT2D eigenvalue weighted by Crippen LogP contribution is 2.20. The number of aromatic nitrogens is 3. The fraction of sp³-hybridized carbons (Fsp3) is 0.387. The van der Waals surface area contributed by atoms with Gasteiger partial charge in [0, 0.05) is 43.5 Å². The Hall–Kier alpha value is -3.91. The van der Waals surface area contributed by atoms with Gasteiger partial charge in [0.15, 0.2) is 5.65 Å². The first-order chi connectivity index (χ1) is 19.0. The molecule has 0 fully saturated rings. The van der Waals surface area contributed by atoms with E-state index in [0.29, 0.717) is 50.0 Å². The van der Waals surface area contributed by atoms with Gasteiger partial charge in [0.1, 0.15) is 29.4 Å². The molecule has 39 heavy (non-hydrogen) atoms. The van der Waals surface area contributed by atoms with E-state index in [9.17, 15) is 4.79 Å². The second kappa shape index (κ2) is 13.8. The number of ether oxygens (including phenoxy) is 2. The molecule has 0 saturated carbocycles. The van der Waals surface area contributed by atoms with Crippen molar-refractivity contribution in [1.82, 2.24) is 24.8 Å². The number of imidazole rings is 1. The lowest BCUT2D eigenvalue weighted by molar-refractivity contribution is 0.0715. The minimum atomic E-state index is -0.0356. The lowest BCUT2D eigenvalue weighted by Crippen LogP contribution is -2.34. The minimum Gasteiger partial charge on any atom is -0.496 e. The molecule has 4 aromatic rings. The van der Waals surface area contributed by atoms with Crippen LogP contribution in [0.3, 0.4) is 0 Å². The van der Waals surface area contributed by atoms with Crippen molar-refractivity contribution < 1.29 is 14.3 Å². The van der Waals surface area contributed by atoms with E-state index in [0.717, 1.165) is 41.3 Å². The molecule has 0 aliphatic carbocycles. The van der Waals surface area contributed by atoms with Crippen molar-refractivity contribution in [3.05, 3.63) is 83.8 Å². The largest absolute Gasteiger partial charge is 0.496 e. The van der Waals surface area contributed by atoms with E-state index in [1.165, 1.54) is 0 Å². The van der Waals surface area contributed by atoms with Crippen LogP contribution in [0.1, 0.15) is 48.9 Å². The van der Waals surface area contributed by atoms with Crippen molar-refractivity contribution in [2.75, 3.05) is 26.8 Å². The average molecular weight is 530 g/mol. The van der Waals surface area contributed by atoms with Gasteiger partial charge in [-0.25, -0.2) is 9.97 Å². The predicted molar refractivity (Wildman–Crippen MR) is 154 cm³/mol. The molecular formula is C31H39N5O3. The molecule has 2 aromatic heterocycles. The highest BCUT2D eigenvalue weighted by molar-refractivity contribution is 5.94. The first kappa shape index (κ1) is 28.1. The SMILES string of the molecule is CCCn1c(CN(CC(C)C)C(=O)c2cccc(OCCNCc3ccccc3OC)c2)nc2cccnc21. The van der Waals surface area contributed by atoms with Gasteiger partial charge in [-0.2, -0.15) is 0 Å². The number of pyridine rings is 1. The summed E-state index contributed by atoms with van der Waals surface area (Å²) in [6.07, 6.45) is 2.75. The Morgan fingerprint density at radius 2 is 1.95 bits per heavy atom. The van der Waals surface area contributed by atoms with E-state index in [2.05, 4.69) is 35.6 Å². The Morgan fingerprint density at radius 3 is 2.74 bits per heavy atom. The fourth-order valence-corrected chi connectivity index (χ4v) is 4.63. The van der Waals surface area contributed by atoms with Crippen LogP contribution in [0.25, 0.3) is 11.2 Å². The predicted octanol–water partition coefficient (Wildman–Crippen LogP) is 5.32. The zero-order valence-corrected chi connectivity index (χ0v) is 23.4. The molecule has 1 N–H and O–H groups in total. The Morgan fingerprint density at radius 1 is 1.10 bits per heavy atom. The molecule has 4 rings (SSSR count). The molecule has 0 aliphatic rings. The quantitative estimate of drug-likeness (QED) is 0.223. The molecule has 2 aromatic carbocycles. The molecule has 0 bridgehead atoms. The Bertz CT molecular complexity index is 1370. The summed E-state index contributed by atoms with van der Waals surface area (Å²) in [6.45, 7) is 10.1. The number of hydrogen-bond donors (Lipinski definition) is 1. The summed E-state index contributed by atoms with van der Waals surface area (Å²) in [5.74, 6) is 2.67. The van der Waals surface area contributed by atoms with E-state index in [1.807, 2.05) is 65.6 Å². The minimum absolute atomic E-state index is 0.0356. The van der Waals surface area contributed by atoms with E-state index in [1.54, 1.807) is 13.3 Å². The van der Waals surface area contributed by atoms with Gasteiger partial charge in [0.25, 0.3) is 5.91 Å². The topological polar surface area (TPSA) is 81.5 Å². The van der Waals surface area contributed by atoms with Crippen LogP contribution in [0.2, 0.25) is 0 Å². The van der Waals surface area contributed by atoms with Crippen molar-refractivity contribution in [2.24, 2.45) is 5.92 Å². The molecule has 0 spiro atoms. The second-order valence-corrected chi connectivity index (χ2v) is 9.97. The number of fused-ring (bicyclic) bond motifs is 1. The number of aryl methyl sites for hydroxylation is 1. The average Bonchev–Trinajstić information content (AvgIpc) is 3.29. The number of benzene rings is 2. The van der Waals surface area contributed by atoms with Crippen LogP contribution >= 0.6 is 0 Å². The van der Waals surface area contributed by atoms with Gasteiger partial charge < -0.3 is 24.3 Å². The Balaban J connectivity index is 1.41. The molecule has 206 valence electrons. The van der Waals surface area contributed by atoms with Crippen LogP contribution in [0.5, 0.6) is 11.5 Å². The fourth-order valence-electron chi connectivity index (χ4n) is 4.63. The smallest absolute Gasteiger partial charge is 0.254 e. The van der Waals surface area contributed by atoms with Crippen LogP contribution in [0.4, 0.5) is 0 Å². The van der Waals surface area contributed by atoms with Gasteiger partial charge in [-0.1, -0.05) is 45.0 Å². The maximum Gasteiger partial charge on any atom is 0.254 e. The summed E-state index contributed by atoms with van der Waals surface area (Å²) in [7, 11) is 1.68. The summed E-state index contributed by atoms with van der Waals surface area (Å²) in [5, 5.41) is 3.38. The summed E-state index contributed by atoms with van der Waals surface area (Å²) >= 11 is 0. The van der Waals surface area contributed by atoms with E-state index < -0.39 is 0 Å². The standard InChI is InChI=1S/C31H39N5O3/c1-5-17-36-29(34-27-13-9-15-33-30(27)36)22-35(21-23(2)3)31(37)24-11-8-12-26(19-24)39-18-16-32-20-25-10-6-7-14-28(25)38-4/h6-15,19,23,32H,5,16-18,20-22H2,1-4H3. The van der Waals surface area contributed by atoms with Crippen molar-refractivity contribution in [1.29, 1.82) is 0 Å². The number of rotatable bonds is 14. The maximum atomic E-state index is 13.7. The van der Waals surface area contributed by atoms with Crippen molar-refractivity contribution in [3.8, 4) is 11.5 Å². The zero-order chi connectivity index (χ0) is 27.6. The van der Waals surface area contributed by atoms with Gasteiger partial charge in [-0.05, 0) is 48.7 Å². The summed E-state index contributed by atoms with van der Waals surface area (Å²) in [5.41, 5.74) is 3.42. The molecule has 0 radical (unpaired) electrons. The van der Waals surface area contributed by atoms with Crippen LogP contribution in [-0.4, -0.2) is 52.1 Å². The van der Waals surface area contributed by atoms with Crippen molar-refractivity contribution in [3.63, 3.8) is 0 Å².